The van der Waals surface area contributed by atoms with E-state index in [0.29, 0.717) is 6.61 Å². The molecule has 0 aliphatic carbocycles. The number of rotatable bonds is 0. The lowest BCUT2D eigenvalue weighted by Crippen LogP contribution is -2.38. The van der Waals surface area contributed by atoms with Crippen LogP contribution >= 0.6 is 38.5 Å². The molecule has 4 rings (SSSR count). The summed E-state index contributed by atoms with van der Waals surface area (Å²) in [6, 6.07) is 12.3. The van der Waals surface area contributed by atoms with Crippen LogP contribution in [0, 0.1) is 3.57 Å². The zero-order chi connectivity index (χ0) is 15.3. The first kappa shape index (κ1) is 14.3. The summed E-state index contributed by atoms with van der Waals surface area (Å²) >= 11 is 5.84. The van der Waals surface area contributed by atoms with E-state index in [2.05, 4.69) is 50.7 Å². The van der Waals surface area contributed by atoms with Crippen LogP contribution in [0.25, 0.3) is 0 Å². The molecule has 1 spiro atoms. The molecule has 0 bridgehead atoms. The van der Waals surface area contributed by atoms with Crippen LogP contribution in [0.5, 0.6) is 11.5 Å². The minimum atomic E-state index is -0.545. The smallest absolute Gasteiger partial charge is 0.283 e. The van der Waals surface area contributed by atoms with E-state index in [4.69, 9.17) is 20.2 Å². The van der Waals surface area contributed by atoms with Crippen LogP contribution in [-0.4, -0.2) is 12.6 Å². The van der Waals surface area contributed by atoms with Crippen molar-refractivity contribution in [3.05, 3.63) is 55.6 Å². The van der Waals surface area contributed by atoms with Gasteiger partial charge >= 0.3 is 0 Å². The van der Waals surface area contributed by atoms with Gasteiger partial charge in [-0.25, -0.2) is 4.99 Å². The first-order valence-electron chi connectivity index (χ1n) is 6.84. The normalized spacial score (nSPS) is 22.2. The third-order valence-corrected chi connectivity index (χ3v) is 5.17. The van der Waals surface area contributed by atoms with Gasteiger partial charge < -0.3 is 15.2 Å². The van der Waals surface area contributed by atoms with Crippen molar-refractivity contribution in [1.29, 1.82) is 0 Å². The maximum absolute atomic E-state index is 6.08. The summed E-state index contributed by atoms with van der Waals surface area (Å²) in [5.41, 5.74) is 7.41. The molecule has 0 unspecified atom stereocenters. The van der Waals surface area contributed by atoms with Crippen molar-refractivity contribution in [3.8, 4) is 11.5 Å². The van der Waals surface area contributed by atoms with E-state index in [0.717, 1.165) is 37.1 Å². The molecule has 2 N–H and O–H groups in total. The molecule has 2 aromatic carbocycles. The summed E-state index contributed by atoms with van der Waals surface area (Å²) < 4.78 is 13.6. The van der Waals surface area contributed by atoms with Crippen LogP contribution in [0.15, 0.2) is 45.9 Å². The van der Waals surface area contributed by atoms with Gasteiger partial charge in [0.1, 0.15) is 17.0 Å². The number of aliphatic imine (C=N–C) groups is 1. The van der Waals surface area contributed by atoms with Crippen molar-refractivity contribution in [2.45, 2.75) is 12.0 Å². The SMILES string of the molecule is NC1=N[C@@]2(CCO1)c1cc(Br)ccc1Oc1ccc(I)cc12. The van der Waals surface area contributed by atoms with E-state index in [9.17, 15) is 0 Å². The number of nitrogens with two attached hydrogens (primary N) is 1. The highest BCUT2D eigenvalue weighted by atomic mass is 127. The Balaban J connectivity index is 2.05. The van der Waals surface area contributed by atoms with Gasteiger partial charge in [-0.2, -0.15) is 0 Å². The molecule has 0 saturated heterocycles. The minimum absolute atomic E-state index is 0.226. The summed E-state index contributed by atoms with van der Waals surface area (Å²) in [5, 5.41) is 0. The molecule has 0 radical (unpaired) electrons. The van der Waals surface area contributed by atoms with Gasteiger partial charge in [-0.05, 0) is 59.0 Å². The third-order valence-electron chi connectivity index (χ3n) is 4.01. The maximum atomic E-state index is 6.08. The molecular weight excluding hydrogens is 459 g/mol. The Hall–Kier alpha value is -1.28. The van der Waals surface area contributed by atoms with Crippen molar-refractivity contribution < 1.29 is 9.47 Å². The molecule has 22 heavy (non-hydrogen) atoms. The Morgan fingerprint density at radius 3 is 2.64 bits per heavy atom. The molecule has 4 nitrogen and oxygen atoms in total. The molecule has 2 heterocycles. The number of fused-ring (bicyclic) bond motifs is 4. The summed E-state index contributed by atoms with van der Waals surface area (Å²) in [5.74, 6) is 1.64. The fourth-order valence-electron chi connectivity index (χ4n) is 3.06. The summed E-state index contributed by atoms with van der Waals surface area (Å²) in [6.45, 7) is 0.534. The zero-order valence-corrected chi connectivity index (χ0v) is 15.2. The molecular formula is C16H12BrIN2O2. The molecule has 0 amide bonds. The van der Waals surface area contributed by atoms with Crippen LogP contribution in [0.2, 0.25) is 0 Å². The predicted octanol–water partition coefficient (Wildman–Crippen LogP) is 4.14. The number of halogens is 2. The van der Waals surface area contributed by atoms with Crippen molar-refractivity contribution in [2.24, 2.45) is 10.7 Å². The highest BCUT2D eigenvalue weighted by Gasteiger charge is 2.44. The van der Waals surface area contributed by atoms with Gasteiger partial charge in [-0.1, -0.05) is 15.9 Å². The van der Waals surface area contributed by atoms with E-state index in [1.165, 1.54) is 0 Å². The van der Waals surface area contributed by atoms with E-state index < -0.39 is 5.54 Å². The van der Waals surface area contributed by atoms with Crippen molar-refractivity contribution in [3.63, 3.8) is 0 Å². The molecule has 1 atom stereocenters. The molecule has 2 aliphatic heterocycles. The van der Waals surface area contributed by atoms with Gasteiger partial charge in [0.25, 0.3) is 6.02 Å². The largest absolute Gasteiger partial charge is 0.465 e. The monoisotopic (exact) mass is 470 g/mol. The van der Waals surface area contributed by atoms with Gasteiger partial charge in [0, 0.05) is 25.6 Å². The Kier molecular flexibility index (Phi) is 3.34. The lowest BCUT2D eigenvalue weighted by molar-refractivity contribution is 0.219. The summed E-state index contributed by atoms with van der Waals surface area (Å²) in [6.07, 6.45) is 0.730. The second-order valence-corrected chi connectivity index (χ2v) is 7.45. The Morgan fingerprint density at radius 1 is 1.14 bits per heavy atom. The van der Waals surface area contributed by atoms with Crippen LogP contribution < -0.4 is 10.5 Å². The van der Waals surface area contributed by atoms with Gasteiger partial charge in [-0.15, -0.1) is 0 Å². The molecule has 2 aromatic rings. The van der Waals surface area contributed by atoms with E-state index in [1.54, 1.807) is 0 Å². The average Bonchev–Trinajstić information content (AvgIpc) is 2.49. The Labute approximate surface area is 150 Å². The van der Waals surface area contributed by atoms with Gasteiger partial charge in [0.05, 0.1) is 6.61 Å². The van der Waals surface area contributed by atoms with E-state index in [-0.39, 0.29) is 6.02 Å². The number of ether oxygens (including phenoxy) is 2. The molecule has 0 fully saturated rings. The predicted molar refractivity (Wildman–Crippen MR) is 96.3 cm³/mol. The van der Waals surface area contributed by atoms with Crippen LogP contribution in [0.1, 0.15) is 17.5 Å². The second kappa shape index (κ2) is 5.13. The van der Waals surface area contributed by atoms with Gasteiger partial charge in [0.2, 0.25) is 0 Å². The fourth-order valence-corrected chi connectivity index (χ4v) is 3.91. The lowest BCUT2D eigenvalue weighted by atomic mass is 9.78. The second-order valence-electron chi connectivity index (χ2n) is 5.29. The highest BCUT2D eigenvalue weighted by Crippen LogP contribution is 2.52. The number of amidine groups is 1. The van der Waals surface area contributed by atoms with Crippen LogP contribution in [0.4, 0.5) is 0 Å². The molecule has 0 aromatic heterocycles. The highest BCUT2D eigenvalue weighted by molar-refractivity contribution is 14.1. The lowest BCUT2D eigenvalue weighted by Gasteiger charge is -2.39. The van der Waals surface area contributed by atoms with Gasteiger partial charge in [-0.3, -0.25) is 0 Å². The van der Waals surface area contributed by atoms with Crippen LogP contribution in [0.3, 0.4) is 0 Å². The topological polar surface area (TPSA) is 56.8 Å². The number of benzene rings is 2. The summed E-state index contributed by atoms with van der Waals surface area (Å²) in [7, 11) is 0. The van der Waals surface area contributed by atoms with Gasteiger partial charge in [0.15, 0.2) is 0 Å². The van der Waals surface area contributed by atoms with Crippen molar-refractivity contribution >= 4 is 44.5 Å². The Morgan fingerprint density at radius 2 is 1.86 bits per heavy atom. The van der Waals surface area contributed by atoms with E-state index in [1.807, 2.05) is 24.3 Å². The zero-order valence-electron chi connectivity index (χ0n) is 11.5. The maximum Gasteiger partial charge on any atom is 0.283 e. The molecule has 6 heteroatoms. The fraction of sp³-hybridized carbons (Fsp3) is 0.188. The summed E-state index contributed by atoms with van der Waals surface area (Å²) in [4.78, 5) is 4.71. The Bertz CT molecular complexity index is 755. The van der Waals surface area contributed by atoms with Crippen molar-refractivity contribution in [2.75, 3.05) is 6.61 Å². The van der Waals surface area contributed by atoms with Crippen LogP contribution in [-0.2, 0) is 10.3 Å². The quantitative estimate of drug-likeness (QED) is 0.589. The minimum Gasteiger partial charge on any atom is -0.465 e. The third kappa shape index (κ3) is 2.11. The number of hydrogen-bond acceptors (Lipinski definition) is 4. The average molecular weight is 471 g/mol. The van der Waals surface area contributed by atoms with E-state index >= 15 is 0 Å². The molecule has 0 saturated carbocycles. The first-order valence-corrected chi connectivity index (χ1v) is 8.72. The molecule has 112 valence electrons. The first-order chi connectivity index (χ1) is 10.6. The standard InChI is InChI=1S/C16H12BrIN2O2/c17-9-1-3-13-11(7-9)16(5-6-21-15(19)20-16)12-8-10(18)2-4-14(12)22-13/h1-4,7-8H,5-6H2,(H2,19,20)/t16-/m0/s1. The van der Waals surface area contributed by atoms with Crippen molar-refractivity contribution in [1.82, 2.24) is 0 Å². The number of hydrogen-bond donors (Lipinski definition) is 1. The number of nitrogens with zero attached hydrogens (tertiary/aromatic N) is 1. The molecule has 2 aliphatic rings.